The predicted molar refractivity (Wildman–Crippen MR) is 106 cm³/mol. The monoisotopic (exact) mass is 388 g/mol. The van der Waals surface area contributed by atoms with E-state index < -0.39 is 5.97 Å². The number of rotatable bonds is 9. The zero-order valence-electron chi connectivity index (χ0n) is 15.5. The fourth-order valence-electron chi connectivity index (χ4n) is 2.68. The number of anilines is 1. The number of carbonyl (C=O) groups is 3. The van der Waals surface area contributed by atoms with E-state index in [1.807, 2.05) is 0 Å². The Morgan fingerprint density at radius 3 is 2.37 bits per heavy atom. The minimum Gasteiger partial charge on any atom is -0.481 e. The second-order valence-corrected chi connectivity index (χ2v) is 7.78. The number of aryl methyl sites for hydroxylation is 3. The van der Waals surface area contributed by atoms with Gasteiger partial charge in [-0.15, -0.1) is 11.3 Å². The van der Waals surface area contributed by atoms with E-state index in [1.165, 1.54) is 15.3 Å². The molecule has 0 fully saturated rings. The first kappa shape index (κ1) is 20.6. The highest BCUT2D eigenvalue weighted by molar-refractivity contribution is 7.12. The summed E-state index contributed by atoms with van der Waals surface area (Å²) in [5, 5.41) is 13.9. The molecule has 1 aromatic carbocycles. The van der Waals surface area contributed by atoms with Crippen LogP contribution in [0.2, 0.25) is 0 Å². The Balaban J connectivity index is 1.76. The summed E-state index contributed by atoms with van der Waals surface area (Å²) in [5.41, 5.74) is 2.36. The number of hydrogen-bond donors (Lipinski definition) is 3. The molecule has 2 aromatic rings. The minimum atomic E-state index is -0.961. The zero-order chi connectivity index (χ0) is 19.8. The van der Waals surface area contributed by atoms with Crippen molar-refractivity contribution in [2.24, 2.45) is 0 Å². The second-order valence-electron chi connectivity index (χ2n) is 6.32. The quantitative estimate of drug-likeness (QED) is 0.612. The molecular formula is C20H24N2O4S. The highest BCUT2D eigenvalue weighted by atomic mass is 32.1. The van der Waals surface area contributed by atoms with Crippen LogP contribution >= 0.6 is 11.3 Å². The number of benzene rings is 1. The third-order valence-corrected chi connectivity index (χ3v) is 5.06. The van der Waals surface area contributed by atoms with Gasteiger partial charge in [0.15, 0.2) is 0 Å². The van der Waals surface area contributed by atoms with E-state index in [1.54, 1.807) is 35.6 Å². The van der Waals surface area contributed by atoms with E-state index >= 15 is 0 Å². The Morgan fingerprint density at radius 1 is 1.07 bits per heavy atom. The van der Waals surface area contributed by atoms with Gasteiger partial charge in [0.25, 0.3) is 5.91 Å². The summed E-state index contributed by atoms with van der Waals surface area (Å²) in [7, 11) is 0. The highest BCUT2D eigenvalue weighted by Gasteiger charge is 2.08. The molecule has 0 radical (unpaired) electrons. The van der Waals surface area contributed by atoms with Gasteiger partial charge >= 0.3 is 5.97 Å². The Bertz CT molecular complexity index is 812. The van der Waals surface area contributed by atoms with Gasteiger partial charge in [-0.1, -0.05) is 0 Å². The fraction of sp³-hybridized carbons (Fsp3) is 0.350. The van der Waals surface area contributed by atoms with Crippen LogP contribution in [0.5, 0.6) is 0 Å². The first-order chi connectivity index (χ1) is 12.8. The van der Waals surface area contributed by atoms with Crippen molar-refractivity contribution in [3.8, 4) is 0 Å². The van der Waals surface area contributed by atoms with E-state index in [0.717, 1.165) is 12.8 Å². The maximum Gasteiger partial charge on any atom is 0.305 e. The summed E-state index contributed by atoms with van der Waals surface area (Å²) in [6.45, 7) is 4.27. The molecule has 0 atom stereocenters. The number of hydrogen-bond acceptors (Lipinski definition) is 4. The lowest BCUT2D eigenvalue weighted by Crippen LogP contribution is -2.25. The van der Waals surface area contributed by atoms with Crippen molar-refractivity contribution >= 4 is 34.8 Å². The molecule has 27 heavy (non-hydrogen) atoms. The van der Waals surface area contributed by atoms with E-state index in [-0.39, 0.29) is 24.8 Å². The van der Waals surface area contributed by atoms with E-state index in [9.17, 15) is 14.4 Å². The smallest absolute Gasteiger partial charge is 0.305 e. The van der Waals surface area contributed by atoms with Crippen molar-refractivity contribution in [1.82, 2.24) is 5.32 Å². The van der Waals surface area contributed by atoms with Crippen molar-refractivity contribution < 1.29 is 19.5 Å². The van der Waals surface area contributed by atoms with Crippen LogP contribution in [0.1, 0.15) is 44.9 Å². The molecule has 0 aliphatic carbocycles. The molecule has 0 aliphatic rings. The Labute approximate surface area is 162 Å². The van der Waals surface area contributed by atoms with E-state index in [2.05, 4.69) is 30.5 Å². The van der Waals surface area contributed by atoms with Gasteiger partial charge in [0.2, 0.25) is 5.91 Å². The van der Waals surface area contributed by atoms with Crippen LogP contribution in [-0.4, -0.2) is 29.4 Å². The average Bonchev–Trinajstić information content (AvgIpc) is 2.92. The van der Waals surface area contributed by atoms with E-state index in [0.29, 0.717) is 17.7 Å². The first-order valence-corrected chi connectivity index (χ1v) is 9.62. The van der Waals surface area contributed by atoms with Gasteiger partial charge < -0.3 is 15.7 Å². The van der Waals surface area contributed by atoms with E-state index in [4.69, 9.17) is 5.11 Å². The molecule has 3 N–H and O–H groups in total. The Hall–Kier alpha value is -2.67. The standard InChI is InChI=1S/C20H24N2O4S/c1-13-12-16(14(2)27-13)4-3-5-18(23)22-17-8-6-15(7-9-17)20(26)21-11-10-19(24)25/h6-9,12H,3-5,10-11H2,1-2H3,(H,21,26)(H,22,23)(H,24,25). The van der Waals surface area contributed by atoms with Crippen molar-refractivity contribution in [2.75, 3.05) is 11.9 Å². The summed E-state index contributed by atoms with van der Waals surface area (Å²) in [6, 6.07) is 8.71. The van der Waals surface area contributed by atoms with Crippen LogP contribution in [0.15, 0.2) is 30.3 Å². The molecule has 1 heterocycles. The molecular weight excluding hydrogens is 364 g/mol. The van der Waals surface area contributed by atoms with Crippen LogP contribution in [0.3, 0.4) is 0 Å². The zero-order valence-corrected chi connectivity index (χ0v) is 16.3. The van der Waals surface area contributed by atoms with Gasteiger partial charge in [-0.25, -0.2) is 0 Å². The highest BCUT2D eigenvalue weighted by Crippen LogP contribution is 2.22. The second kappa shape index (κ2) is 9.87. The maximum absolute atomic E-state index is 12.1. The fourth-order valence-corrected chi connectivity index (χ4v) is 3.66. The SMILES string of the molecule is Cc1cc(CCCC(=O)Nc2ccc(C(=O)NCCC(=O)O)cc2)c(C)s1. The molecule has 0 aliphatic heterocycles. The lowest BCUT2D eigenvalue weighted by Gasteiger charge is -2.07. The van der Waals surface area contributed by atoms with Gasteiger partial charge in [0.1, 0.15) is 0 Å². The number of nitrogens with one attached hydrogen (secondary N) is 2. The average molecular weight is 388 g/mol. The molecule has 6 nitrogen and oxygen atoms in total. The lowest BCUT2D eigenvalue weighted by molar-refractivity contribution is -0.136. The topological polar surface area (TPSA) is 95.5 Å². The molecule has 2 amide bonds. The number of aliphatic carboxylic acids is 1. The van der Waals surface area contributed by atoms with Crippen LogP contribution in [0.25, 0.3) is 0 Å². The molecule has 7 heteroatoms. The summed E-state index contributed by atoms with van der Waals surface area (Å²) in [6.07, 6.45) is 1.99. The third-order valence-electron chi connectivity index (χ3n) is 4.05. The predicted octanol–water partition coefficient (Wildman–Crippen LogP) is 3.53. The molecule has 0 saturated carbocycles. The van der Waals surface area contributed by atoms with Crippen LogP contribution in [0, 0.1) is 13.8 Å². The third kappa shape index (κ3) is 6.86. The van der Waals surface area contributed by atoms with Crippen LogP contribution in [-0.2, 0) is 16.0 Å². The number of carbonyl (C=O) groups excluding carboxylic acids is 2. The van der Waals surface area contributed by atoms with Gasteiger partial charge in [0, 0.05) is 34.0 Å². The maximum atomic E-state index is 12.1. The van der Waals surface area contributed by atoms with Crippen LogP contribution in [0.4, 0.5) is 5.69 Å². The molecule has 144 valence electrons. The van der Waals surface area contributed by atoms with Crippen molar-refractivity contribution in [1.29, 1.82) is 0 Å². The number of carboxylic acid groups (broad SMARTS) is 1. The molecule has 0 bridgehead atoms. The van der Waals surface area contributed by atoms with Crippen molar-refractivity contribution in [3.63, 3.8) is 0 Å². The van der Waals surface area contributed by atoms with Crippen molar-refractivity contribution in [2.45, 2.75) is 39.5 Å². The minimum absolute atomic E-state index is 0.0572. The first-order valence-electron chi connectivity index (χ1n) is 8.81. The molecule has 0 unspecified atom stereocenters. The number of amides is 2. The Kier molecular flexibility index (Phi) is 7.55. The lowest BCUT2D eigenvalue weighted by atomic mass is 10.1. The van der Waals surface area contributed by atoms with Gasteiger partial charge in [-0.05, 0) is 62.6 Å². The summed E-state index contributed by atoms with van der Waals surface area (Å²) >= 11 is 1.78. The van der Waals surface area contributed by atoms with Crippen LogP contribution < -0.4 is 10.6 Å². The normalized spacial score (nSPS) is 10.4. The molecule has 0 spiro atoms. The number of carboxylic acids is 1. The summed E-state index contributed by atoms with van der Waals surface area (Å²) in [4.78, 5) is 37.0. The van der Waals surface area contributed by atoms with Gasteiger partial charge in [0.05, 0.1) is 6.42 Å². The number of thiophene rings is 1. The summed E-state index contributed by atoms with van der Waals surface area (Å²) < 4.78 is 0. The Morgan fingerprint density at radius 2 is 1.78 bits per heavy atom. The molecule has 2 rings (SSSR count). The largest absolute Gasteiger partial charge is 0.481 e. The summed E-state index contributed by atoms with van der Waals surface area (Å²) in [5.74, 6) is -1.36. The van der Waals surface area contributed by atoms with Gasteiger partial charge in [-0.3, -0.25) is 14.4 Å². The van der Waals surface area contributed by atoms with Gasteiger partial charge in [-0.2, -0.15) is 0 Å². The van der Waals surface area contributed by atoms with Crippen molar-refractivity contribution in [3.05, 3.63) is 51.2 Å². The molecule has 0 saturated heterocycles. The molecule has 1 aromatic heterocycles.